The summed E-state index contributed by atoms with van der Waals surface area (Å²) in [5, 5.41) is 5.92. The Balaban J connectivity index is 1.65. The van der Waals surface area contributed by atoms with Crippen LogP contribution in [0.2, 0.25) is 0 Å². The average Bonchev–Trinajstić information content (AvgIpc) is 3.13. The number of hydrogen-bond acceptors (Lipinski definition) is 5. The van der Waals surface area contributed by atoms with Crippen LogP contribution in [0.25, 0.3) is 0 Å². The SMILES string of the molecule is NC(=O)C(Cc1ccccc1)NC(=O)c1coc(C2CCNCC2)n1. The molecule has 0 saturated carbocycles. The number of primary amides is 1. The van der Waals surface area contributed by atoms with Crippen LogP contribution < -0.4 is 16.4 Å². The van der Waals surface area contributed by atoms with E-state index >= 15 is 0 Å². The van der Waals surface area contributed by atoms with E-state index in [4.69, 9.17) is 10.2 Å². The van der Waals surface area contributed by atoms with E-state index in [0.29, 0.717) is 12.3 Å². The molecule has 7 nitrogen and oxygen atoms in total. The van der Waals surface area contributed by atoms with Gasteiger partial charge in [0.1, 0.15) is 12.3 Å². The van der Waals surface area contributed by atoms with Gasteiger partial charge in [-0.2, -0.15) is 0 Å². The minimum Gasteiger partial charge on any atom is -0.448 e. The topological polar surface area (TPSA) is 110 Å². The molecule has 0 aliphatic carbocycles. The number of rotatable bonds is 6. The molecule has 1 saturated heterocycles. The maximum atomic E-state index is 12.4. The summed E-state index contributed by atoms with van der Waals surface area (Å²) >= 11 is 0. The first-order chi connectivity index (χ1) is 12.1. The Kier molecular flexibility index (Phi) is 5.45. The van der Waals surface area contributed by atoms with Crippen LogP contribution in [0.1, 0.15) is 40.7 Å². The lowest BCUT2D eigenvalue weighted by molar-refractivity contribution is -0.119. The maximum absolute atomic E-state index is 12.4. The number of oxazole rings is 1. The summed E-state index contributed by atoms with van der Waals surface area (Å²) in [5.74, 6) is -0.243. The molecule has 25 heavy (non-hydrogen) atoms. The van der Waals surface area contributed by atoms with Crippen LogP contribution in [0.5, 0.6) is 0 Å². The van der Waals surface area contributed by atoms with Crippen molar-refractivity contribution in [3.05, 3.63) is 53.7 Å². The van der Waals surface area contributed by atoms with Crippen LogP contribution in [0.3, 0.4) is 0 Å². The predicted octanol–water partition coefficient (Wildman–Crippen LogP) is 0.968. The largest absolute Gasteiger partial charge is 0.448 e. The number of nitrogens with one attached hydrogen (secondary N) is 2. The molecule has 2 amide bonds. The van der Waals surface area contributed by atoms with Gasteiger partial charge in [-0.05, 0) is 31.5 Å². The van der Waals surface area contributed by atoms with E-state index in [-0.39, 0.29) is 11.6 Å². The van der Waals surface area contributed by atoms with Crippen LogP contribution in [0.15, 0.2) is 41.0 Å². The normalized spacial score (nSPS) is 16.3. The Morgan fingerprint density at radius 2 is 2.00 bits per heavy atom. The lowest BCUT2D eigenvalue weighted by atomic mass is 9.98. The van der Waals surface area contributed by atoms with Crippen LogP contribution in [0, 0.1) is 0 Å². The molecule has 1 aliphatic rings. The number of piperidine rings is 1. The van der Waals surface area contributed by atoms with Gasteiger partial charge in [0.15, 0.2) is 11.6 Å². The van der Waals surface area contributed by atoms with E-state index in [9.17, 15) is 9.59 Å². The fraction of sp³-hybridized carbons (Fsp3) is 0.389. The molecule has 3 rings (SSSR count). The van der Waals surface area contributed by atoms with Crippen molar-refractivity contribution in [2.75, 3.05) is 13.1 Å². The molecule has 0 radical (unpaired) electrons. The van der Waals surface area contributed by atoms with Crippen molar-refractivity contribution in [1.29, 1.82) is 0 Å². The maximum Gasteiger partial charge on any atom is 0.273 e. The van der Waals surface area contributed by atoms with Gasteiger partial charge in [0.2, 0.25) is 5.91 Å². The molecule has 1 atom stereocenters. The molecule has 2 heterocycles. The van der Waals surface area contributed by atoms with Crippen molar-refractivity contribution < 1.29 is 14.0 Å². The Hall–Kier alpha value is -2.67. The van der Waals surface area contributed by atoms with Crippen LogP contribution in [0.4, 0.5) is 0 Å². The molecule has 2 aromatic rings. The van der Waals surface area contributed by atoms with Gasteiger partial charge in [-0.1, -0.05) is 30.3 Å². The molecule has 0 spiro atoms. The van der Waals surface area contributed by atoms with E-state index in [1.807, 2.05) is 30.3 Å². The quantitative estimate of drug-likeness (QED) is 0.724. The summed E-state index contributed by atoms with van der Waals surface area (Å²) in [6, 6.07) is 8.60. The van der Waals surface area contributed by atoms with E-state index in [0.717, 1.165) is 31.5 Å². The number of carbonyl (C=O) groups is 2. The minimum absolute atomic E-state index is 0.174. The van der Waals surface area contributed by atoms with Gasteiger partial charge in [0.25, 0.3) is 5.91 Å². The zero-order valence-corrected chi connectivity index (χ0v) is 13.9. The van der Waals surface area contributed by atoms with Crippen molar-refractivity contribution in [1.82, 2.24) is 15.6 Å². The number of benzene rings is 1. The van der Waals surface area contributed by atoms with Gasteiger partial charge in [-0.25, -0.2) is 4.98 Å². The number of amides is 2. The third-order valence-electron chi connectivity index (χ3n) is 4.37. The summed E-state index contributed by atoms with van der Waals surface area (Å²) in [4.78, 5) is 28.4. The second kappa shape index (κ2) is 7.94. The van der Waals surface area contributed by atoms with Gasteiger partial charge >= 0.3 is 0 Å². The molecule has 7 heteroatoms. The van der Waals surface area contributed by atoms with Crippen LogP contribution >= 0.6 is 0 Å². The third kappa shape index (κ3) is 4.45. The van der Waals surface area contributed by atoms with Crippen molar-refractivity contribution in [2.45, 2.75) is 31.2 Å². The number of aromatic nitrogens is 1. The predicted molar refractivity (Wildman–Crippen MR) is 91.9 cm³/mol. The fourth-order valence-electron chi connectivity index (χ4n) is 2.95. The highest BCUT2D eigenvalue weighted by molar-refractivity contribution is 5.95. The molecule has 1 unspecified atom stereocenters. The Morgan fingerprint density at radius 3 is 2.68 bits per heavy atom. The lowest BCUT2D eigenvalue weighted by Gasteiger charge is -2.19. The summed E-state index contributed by atoms with van der Waals surface area (Å²) < 4.78 is 5.47. The Bertz CT molecular complexity index is 723. The first kappa shape index (κ1) is 17.2. The Labute approximate surface area is 146 Å². The summed E-state index contributed by atoms with van der Waals surface area (Å²) in [5.41, 5.74) is 6.52. The molecule has 132 valence electrons. The monoisotopic (exact) mass is 342 g/mol. The van der Waals surface area contributed by atoms with Crippen molar-refractivity contribution >= 4 is 11.8 Å². The highest BCUT2D eigenvalue weighted by Crippen LogP contribution is 2.24. The molecule has 1 aromatic heterocycles. The van der Waals surface area contributed by atoms with E-state index in [1.165, 1.54) is 6.26 Å². The van der Waals surface area contributed by atoms with Gasteiger partial charge in [-0.3, -0.25) is 9.59 Å². The van der Waals surface area contributed by atoms with Gasteiger partial charge in [0.05, 0.1) is 0 Å². The zero-order chi connectivity index (χ0) is 17.6. The highest BCUT2D eigenvalue weighted by Gasteiger charge is 2.24. The Morgan fingerprint density at radius 1 is 1.28 bits per heavy atom. The molecule has 4 N–H and O–H groups in total. The summed E-state index contributed by atoms with van der Waals surface area (Å²) in [6.45, 7) is 1.82. The first-order valence-corrected chi connectivity index (χ1v) is 8.43. The summed E-state index contributed by atoms with van der Waals surface area (Å²) in [6.07, 6.45) is 3.53. The number of nitrogens with two attached hydrogens (primary N) is 1. The summed E-state index contributed by atoms with van der Waals surface area (Å²) in [7, 11) is 0. The molecule has 1 fully saturated rings. The first-order valence-electron chi connectivity index (χ1n) is 8.43. The highest BCUT2D eigenvalue weighted by atomic mass is 16.3. The molecule has 1 aliphatic heterocycles. The van der Waals surface area contributed by atoms with E-state index in [1.54, 1.807) is 0 Å². The molecular weight excluding hydrogens is 320 g/mol. The minimum atomic E-state index is -0.797. The van der Waals surface area contributed by atoms with Gasteiger partial charge < -0.3 is 20.8 Å². The zero-order valence-electron chi connectivity index (χ0n) is 13.9. The number of hydrogen-bond donors (Lipinski definition) is 3. The third-order valence-corrected chi connectivity index (χ3v) is 4.37. The fourth-order valence-corrected chi connectivity index (χ4v) is 2.95. The van der Waals surface area contributed by atoms with E-state index < -0.39 is 17.9 Å². The average molecular weight is 342 g/mol. The van der Waals surface area contributed by atoms with Crippen molar-refractivity contribution in [2.24, 2.45) is 5.73 Å². The number of nitrogens with zero attached hydrogens (tertiary/aromatic N) is 1. The standard InChI is InChI=1S/C18H22N4O3/c19-16(23)14(10-12-4-2-1-3-5-12)21-17(24)15-11-25-18(22-15)13-6-8-20-9-7-13/h1-5,11,13-14,20H,6-10H2,(H2,19,23)(H,21,24). The smallest absolute Gasteiger partial charge is 0.273 e. The van der Waals surface area contributed by atoms with Crippen LogP contribution in [-0.4, -0.2) is 35.9 Å². The molecular formula is C18H22N4O3. The van der Waals surface area contributed by atoms with Crippen molar-refractivity contribution in [3.8, 4) is 0 Å². The lowest BCUT2D eigenvalue weighted by Crippen LogP contribution is -2.46. The number of carbonyl (C=O) groups excluding carboxylic acids is 2. The molecule has 0 bridgehead atoms. The molecule has 1 aromatic carbocycles. The van der Waals surface area contributed by atoms with Crippen molar-refractivity contribution in [3.63, 3.8) is 0 Å². The second-order valence-electron chi connectivity index (χ2n) is 6.21. The van der Waals surface area contributed by atoms with Gasteiger partial charge in [-0.15, -0.1) is 0 Å². The second-order valence-corrected chi connectivity index (χ2v) is 6.21. The van der Waals surface area contributed by atoms with Gasteiger partial charge in [0, 0.05) is 12.3 Å². The van der Waals surface area contributed by atoms with E-state index in [2.05, 4.69) is 15.6 Å². The van der Waals surface area contributed by atoms with Crippen LogP contribution in [-0.2, 0) is 11.2 Å².